The Morgan fingerprint density at radius 2 is 2.06 bits per heavy atom. The van der Waals surface area contributed by atoms with Crippen molar-refractivity contribution in [3.63, 3.8) is 0 Å². The van der Waals surface area contributed by atoms with Gasteiger partial charge in [-0.15, -0.1) is 0 Å². The van der Waals surface area contributed by atoms with Gasteiger partial charge < -0.3 is 10.1 Å². The number of aryl methyl sites for hydroxylation is 2. The van der Waals surface area contributed by atoms with Crippen molar-refractivity contribution in [1.29, 1.82) is 0 Å². The zero-order chi connectivity index (χ0) is 13.5. The van der Waals surface area contributed by atoms with E-state index in [1.165, 1.54) is 0 Å². The maximum atomic E-state index is 11.9. The number of nitrogens with one attached hydrogen (secondary N) is 1. The maximum absolute atomic E-state index is 11.9. The molecule has 6 nitrogen and oxygen atoms in total. The van der Waals surface area contributed by atoms with Crippen LogP contribution in [0.15, 0.2) is 6.07 Å². The molecule has 0 atom stereocenters. The fourth-order valence-corrected chi connectivity index (χ4v) is 1.43. The highest BCUT2D eigenvalue weighted by Gasteiger charge is 2.14. The molecule has 0 spiro atoms. The minimum atomic E-state index is -0.456. The summed E-state index contributed by atoms with van der Waals surface area (Å²) in [4.78, 5) is 23.0. The number of hydrogen-bond donors (Lipinski definition) is 1. The number of aromatic nitrogens is 2. The molecule has 0 bridgehead atoms. The van der Waals surface area contributed by atoms with E-state index in [0.717, 1.165) is 0 Å². The first-order valence-electron chi connectivity index (χ1n) is 5.85. The van der Waals surface area contributed by atoms with Gasteiger partial charge in [-0.2, -0.15) is 10.2 Å². The van der Waals surface area contributed by atoms with Crippen LogP contribution in [-0.4, -0.2) is 35.2 Å². The monoisotopic (exact) mass is 251 g/mol. The van der Waals surface area contributed by atoms with Crippen LogP contribution in [0.25, 0.3) is 0 Å². The minimum absolute atomic E-state index is 0.142. The second kappa shape index (κ2) is 6.68. The largest absolute Gasteiger partial charge is 0.465 e. The Bertz CT molecular complexity index is 446. The first kappa shape index (κ1) is 14.1. The molecule has 0 fully saturated rings. The SMILES string of the molecule is CCOC(=O)CNC(=O)c1cc(C)nnc1CC. The van der Waals surface area contributed by atoms with Gasteiger partial charge in [0.2, 0.25) is 0 Å². The summed E-state index contributed by atoms with van der Waals surface area (Å²) in [6, 6.07) is 1.66. The highest BCUT2D eigenvalue weighted by atomic mass is 16.5. The van der Waals surface area contributed by atoms with E-state index in [2.05, 4.69) is 15.5 Å². The predicted octanol–water partition coefficient (Wildman–Crippen LogP) is 0.640. The highest BCUT2D eigenvalue weighted by Crippen LogP contribution is 2.07. The minimum Gasteiger partial charge on any atom is -0.465 e. The lowest BCUT2D eigenvalue weighted by atomic mass is 10.1. The summed E-state index contributed by atoms with van der Waals surface area (Å²) in [7, 11) is 0. The molecule has 6 heteroatoms. The van der Waals surface area contributed by atoms with Gasteiger partial charge in [0, 0.05) is 0 Å². The summed E-state index contributed by atoms with van der Waals surface area (Å²) in [5, 5.41) is 10.4. The first-order valence-corrected chi connectivity index (χ1v) is 5.85. The number of esters is 1. The van der Waals surface area contributed by atoms with Crippen LogP contribution in [0.2, 0.25) is 0 Å². The van der Waals surface area contributed by atoms with Gasteiger partial charge in [0.15, 0.2) is 0 Å². The van der Waals surface area contributed by atoms with Crippen molar-refractivity contribution >= 4 is 11.9 Å². The summed E-state index contributed by atoms with van der Waals surface area (Å²) in [5.74, 6) is -0.791. The maximum Gasteiger partial charge on any atom is 0.325 e. The highest BCUT2D eigenvalue weighted by molar-refractivity contribution is 5.96. The number of rotatable bonds is 5. The summed E-state index contributed by atoms with van der Waals surface area (Å²) in [6.45, 7) is 5.52. The number of carbonyl (C=O) groups is 2. The Labute approximate surface area is 106 Å². The Morgan fingerprint density at radius 1 is 1.33 bits per heavy atom. The lowest BCUT2D eigenvalue weighted by Crippen LogP contribution is -2.31. The van der Waals surface area contributed by atoms with Gasteiger partial charge >= 0.3 is 5.97 Å². The number of nitrogens with zero attached hydrogens (tertiary/aromatic N) is 2. The zero-order valence-corrected chi connectivity index (χ0v) is 10.8. The molecule has 1 heterocycles. The third-order valence-electron chi connectivity index (χ3n) is 2.27. The second-order valence-corrected chi connectivity index (χ2v) is 3.69. The number of carbonyl (C=O) groups excluding carboxylic acids is 2. The van der Waals surface area contributed by atoms with E-state index < -0.39 is 5.97 Å². The molecule has 0 saturated heterocycles. The molecule has 0 aliphatic carbocycles. The van der Waals surface area contributed by atoms with Gasteiger partial charge in [-0.3, -0.25) is 9.59 Å². The van der Waals surface area contributed by atoms with Crippen LogP contribution in [0.3, 0.4) is 0 Å². The van der Waals surface area contributed by atoms with E-state index in [4.69, 9.17) is 4.74 Å². The molecule has 1 amide bonds. The van der Waals surface area contributed by atoms with Crippen LogP contribution >= 0.6 is 0 Å². The van der Waals surface area contributed by atoms with Gasteiger partial charge in [0.05, 0.1) is 23.6 Å². The third kappa shape index (κ3) is 3.80. The molecule has 1 aromatic rings. The Hall–Kier alpha value is -1.98. The Kier molecular flexibility index (Phi) is 5.23. The summed E-state index contributed by atoms with van der Waals surface area (Å²) in [5.41, 5.74) is 1.73. The lowest BCUT2D eigenvalue weighted by Gasteiger charge is -2.08. The van der Waals surface area contributed by atoms with Crippen LogP contribution in [-0.2, 0) is 16.0 Å². The van der Waals surface area contributed by atoms with E-state index in [-0.39, 0.29) is 12.5 Å². The quantitative estimate of drug-likeness (QED) is 0.777. The normalized spacial score (nSPS) is 9.94. The van der Waals surface area contributed by atoms with Gasteiger partial charge in [-0.1, -0.05) is 6.92 Å². The van der Waals surface area contributed by atoms with Crippen LogP contribution in [0, 0.1) is 6.92 Å². The van der Waals surface area contributed by atoms with E-state index in [0.29, 0.717) is 30.0 Å². The summed E-state index contributed by atoms with van der Waals surface area (Å²) >= 11 is 0. The van der Waals surface area contributed by atoms with Crippen molar-refractivity contribution in [2.45, 2.75) is 27.2 Å². The molecule has 1 N–H and O–H groups in total. The van der Waals surface area contributed by atoms with Crippen LogP contribution in [0.5, 0.6) is 0 Å². The smallest absolute Gasteiger partial charge is 0.325 e. The number of ether oxygens (including phenoxy) is 1. The predicted molar refractivity (Wildman–Crippen MR) is 65.1 cm³/mol. The summed E-state index contributed by atoms with van der Waals surface area (Å²) in [6.07, 6.45) is 0.607. The molecule has 0 saturated carbocycles. The zero-order valence-electron chi connectivity index (χ0n) is 10.8. The molecule has 1 aromatic heterocycles. The van der Waals surface area contributed by atoms with Crippen molar-refractivity contribution in [2.75, 3.05) is 13.2 Å². The molecular formula is C12H17N3O3. The fourth-order valence-electron chi connectivity index (χ4n) is 1.43. The molecule has 18 heavy (non-hydrogen) atoms. The molecule has 0 unspecified atom stereocenters. The lowest BCUT2D eigenvalue weighted by molar-refractivity contribution is -0.141. The first-order chi connectivity index (χ1) is 8.58. The van der Waals surface area contributed by atoms with E-state index >= 15 is 0 Å². The molecule has 98 valence electrons. The number of amides is 1. The molecule has 0 radical (unpaired) electrons. The van der Waals surface area contributed by atoms with Crippen molar-refractivity contribution in [3.8, 4) is 0 Å². The molecule has 0 aliphatic heterocycles. The van der Waals surface area contributed by atoms with Gasteiger partial charge in [0.25, 0.3) is 5.91 Å². The van der Waals surface area contributed by atoms with Crippen molar-refractivity contribution in [2.24, 2.45) is 0 Å². The topological polar surface area (TPSA) is 81.2 Å². The van der Waals surface area contributed by atoms with E-state index in [1.54, 1.807) is 19.9 Å². The van der Waals surface area contributed by atoms with Crippen molar-refractivity contribution in [3.05, 3.63) is 23.0 Å². The van der Waals surface area contributed by atoms with Crippen molar-refractivity contribution in [1.82, 2.24) is 15.5 Å². The summed E-state index contributed by atoms with van der Waals surface area (Å²) < 4.78 is 4.73. The van der Waals surface area contributed by atoms with Gasteiger partial charge in [-0.05, 0) is 26.3 Å². The average molecular weight is 251 g/mol. The van der Waals surface area contributed by atoms with E-state index in [9.17, 15) is 9.59 Å². The second-order valence-electron chi connectivity index (χ2n) is 3.69. The van der Waals surface area contributed by atoms with Crippen LogP contribution in [0.4, 0.5) is 0 Å². The van der Waals surface area contributed by atoms with Gasteiger partial charge in [-0.25, -0.2) is 0 Å². The number of hydrogen-bond acceptors (Lipinski definition) is 5. The Morgan fingerprint density at radius 3 is 2.67 bits per heavy atom. The van der Waals surface area contributed by atoms with E-state index in [1.807, 2.05) is 6.92 Å². The molecule has 0 aromatic carbocycles. The average Bonchev–Trinajstić information content (AvgIpc) is 2.36. The fraction of sp³-hybridized carbons (Fsp3) is 0.500. The Balaban J connectivity index is 2.71. The third-order valence-corrected chi connectivity index (χ3v) is 2.27. The molecule has 0 aliphatic rings. The standard InChI is InChI=1S/C12H17N3O3/c1-4-10-9(6-8(3)14-15-10)12(17)13-7-11(16)18-5-2/h6H,4-5,7H2,1-3H3,(H,13,17). The van der Waals surface area contributed by atoms with Crippen LogP contribution < -0.4 is 5.32 Å². The van der Waals surface area contributed by atoms with Gasteiger partial charge in [0.1, 0.15) is 6.54 Å². The van der Waals surface area contributed by atoms with Crippen LogP contribution in [0.1, 0.15) is 35.6 Å². The molecule has 1 rings (SSSR count). The van der Waals surface area contributed by atoms with Crippen molar-refractivity contribution < 1.29 is 14.3 Å². The molecular weight excluding hydrogens is 234 g/mol.